The van der Waals surface area contributed by atoms with E-state index in [1.807, 2.05) is 30.3 Å². The molecular formula is C21H28IN3O4. The summed E-state index contributed by atoms with van der Waals surface area (Å²) in [5.74, 6) is 1.60. The molecular weight excluding hydrogens is 485 g/mol. The molecule has 2 aromatic rings. The van der Waals surface area contributed by atoms with Gasteiger partial charge in [-0.2, -0.15) is 0 Å². The zero-order chi connectivity index (χ0) is 20.4. The maximum absolute atomic E-state index is 11.9. The molecule has 0 fully saturated rings. The van der Waals surface area contributed by atoms with Gasteiger partial charge in [0, 0.05) is 20.1 Å². The Bertz CT molecular complexity index is 827. The van der Waals surface area contributed by atoms with E-state index in [4.69, 9.17) is 14.2 Å². The average Bonchev–Trinajstić information content (AvgIpc) is 2.75. The number of hydrogen-bond donors (Lipinski definition) is 2. The Morgan fingerprint density at radius 1 is 1.00 bits per heavy atom. The monoisotopic (exact) mass is 513 g/mol. The lowest BCUT2D eigenvalue weighted by molar-refractivity contribution is 0.0597. The van der Waals surface area contributed by atoms with Crippen molar-refractivity contribution in [2.24, 2.45) is 4.99 Å². The van der Waals surface area contributed by atoms with Crippen LogP contribution in [0.5, 0.6) is 11.5 Å². The summed E-state index contributed by atoms with van der Waals surface area (Å²) in [6.45, 7) is 1.21. The predicted octanol–water partition coefficient (Wildman–Crippen LogP) is 3.02. The van der Waals surface area contributed by atoms with Gasteiger partial charge in [-0.05, 0) is 35.7 Å². The first-order valence-electron chi connectivity index (χ1n) is 8.94. The van der Waals surface area contributed by atoms with E-state index in [0.717, 1.165) is 23.3 Å². The van der Waals surface area contributed by atoms with E-state index in [1.165, 1.54) is 14.2 Å². The lowest BCUT2D eigenvalue weighted by Crippen LogP contribution is -2.37. The maximum Gasteiger partial charge on any atom is 0.341 e. The lowest BCUT2D eigenvalue weighted by Gasteiger charge is -2.14. The molecule has 0 aliphatic carbocycles. The van der Waals surface area contributed by atoms with Gasteiger partial charge in [-0.15, -0.1) is 24.0 Å². The first-order chi connectivity index (χ1) is 13.6. The minimum absolute atomic E-state index is 0. The fourth-order valence-corrected chi connectivity index (χ4v) is 2.77. The number of methoxy groups -OCH3 is 3. The molecule has 0 saturated heterocycles. The number of hydrogen-bond acceptors (Lipinski definition) is 5. The van der Waals surface area contributed by atoms with Gasteiger partial charge in [0.15, 0.2) is 5.96 Å². The largest absolute Gasteiger partial charge is 0.496 e. The van der Waals surface area contributed by atoms with Crippen molar-refractivity contribution in [1.29, 1.82) is 0 Å². The zero-order valence-corrected chi connectivity index (χ0v) is 19.5. The third-order valence-electron chi connectivity index (χ3n) is 4.23. The summed E-state index contributed by atoms with van der Waals surface area (Å²) < 4.78 is 15.4. The first kappa shape index (κ1) is 24.5. The SMILES string of the molecule is CN=C(NCCc1ccccc1OC)NCc1ccc(OC)c(C(=O)OC)c1.I. The molecule has 0 aromatic heterocycles. The summed E-state index contributed by atoms with van der Waals surface area (Å²) in [5.41, 5.74) is 2.43. The van der Waals surface area contributed by atoms with Crippen molar-refractivity contribution in [1.82, 2.24) is 10.6 Å². The fraction of sp³-hybridized carbons (Fsp3) is 0.333. The molecule has 0 radical (unpaired) electrons. The van der Waals surface area contributed by atoms with Crippen LogP contribution in [0.4, 0.5) is 0 Å². The molecule has 8 heteroatoms. The smallest absolute Gasteiger partial charge is 0.341 e. The van der Waals surface area contributed by atoms with Crippen LogP contribution in [0.2, 0.25) is 0 Å². The van der Waals surface area contributed by atoms with Gasteiger partial charge in [-0.25, -0.2) is 4.79 Å². The van der Waals surface area contributed by atoms with Crippen LogP contribution in [0.25, 0.3) is 0 Å². The lowest BCUT2D eigenvalue weighted by atomic mass is 10.1. The molecule has 0 bridgehead atoms. The standard InChI is InChI=1S/C21H27N3O4.HI/c1-22-21(23-12-11-16-7-5-6-8-18(16)26-2)24-14-15-9-10-19(27-3)17(13-15)20(25)28-4;/h5-10,13H,11-12,14H2,1-4H3,(H2,22,23,24);1H. The normalized spacial score (nSPS) is 10.6. The van der Waals surface area contributed by atoms with Crippen molar-refractivity contribution < 1.29 is 19.0 Å². The Morgan fingerprint density at radius 3 is 2.38 bits per heavy atom. The van der Waals surface area contributed by atoms with E-state index in [2.05, 4.69) is 15.6 Å². The van der Waals surface area contributed by atoms with Gasteiger partial charge in [0.25, 0.3) is 0 Å². The molecule has 0 aliphatic rings. The van der Waals surface area contributed by atoms with Crippen molar-refractivity contribution in [3.63, 3.8) is 0 Å². The Morgan fingerprint density at radius 2 is 1.72 bits per heavy atom. The Kier molecular flexibility index (Phi) is 10.9. The van der Waals surface area contributed by atoms with Crippen LogP contribution in [-0.2, 0) is 17.7 Å². The van der Waals surface area contributed by atoms with Crippen LogP contribution < -0.4 is 20.1 Å². The van der Waals surface area contributed by atoms with Crippen molar-refractivity contribution in [2.45, 2.75) is 13.0 Å². The van der Waals surface area contributed by atoms with Crippen LogP contribution in [0.15, 0.2) is 47.5 Å². The molecule has 0 heterocycles. The third kappa shape index (κ3) is 7.12. The van der Waals surface area contributed by atoms with Crippen molar-refractivity contribution in [3.8, 4) is 11.5 Å². The van der Waals surface area contributed by atoms with Gasteiger partial charge in [0.2, 0.25) is 0 Å². The summed E-state index contributed by atoms with van der Waals surface area (Å²) in [4.78, 5) is 16.1. The zero-order valence-electron chi connectivity index (χ0n) is 17.2. The Labute approximate surface area is 188 Å². The quantitative estimate of drug-likeness (QED) is 0.245. The molecule has 0 spiro atoms. The van der Waals surface area contributed by atoms with E-state index in [9.17, 15) is 4.79 Å². The number of guanidine groups is 1. The second-order valence-corrected chi connectivity index (χ2v) is 5.94. The number of aliphatic imine (C=N–C) groups is 1. The molecule has 29 heavy (non-hydrogen) atoms. The minimum Gasteiger partial charge on any atom is -0.496 e. The maximum atomic E-state index is 11.9. The summed E-state index contributed by atoms with van der Waals surface area (Å²) in [6, 6.07) is 13.3. The third-order valence-corrected chi connectivity index (χ3v) is 4.23. The molecule has 2 rings (SSSR count). The summed E-state index contributed by atoms with van der Waals surface area (Å²) in [6.07, 6.45) is 0.805. The van der Waals surface area contributed by atoms with E-state index in [-0.39, 0.29) is 24.0 Å². The fourth-order valence-electron chi connectivity index (χ4n) is 2.77. The van der Waals surface area contributed by atoms with Crippen LogP contribution in [0, 0.1) is 0 Å². The number of halogens is 1. The summed E-state index contributed by atoms with van der Waals surface area (Å²) >= 11 is 0. The molecule has 0 aliphatic heterocycles. The van der Waals surface area contributed by atoms with E-state index in [1.54, 1.807) is 26.3 Å². The first-order valence-corrected chi connectivity index (χ1v) is 8.94. The molecule has 0 unspecified atom stereocenters. The van der Waals surface area contributed by atoms with Gasteiger partial charge in [-0.1, -0.05) is 24.3 Å². The van der Waals surface area contributed by atoms with Gasteiger partial charge < -0.3 is 24.8 Å². The van der Waals surface area contributed by atoms with Crippen LogP contribution in [0.1, 0.15) is 21.5 Å². The molecule has 158 valence electrons. The molecule has 0 atom stereocenters. The highest BCUT2D eigenvalue weighted by atomic mass is 127. The number of para-hydroxylation sites is 1. The molecule has 0 saturated carbocycles. The second kappa shape index (κ2) is 12.9. The Balaban J connectivity index is 0.00000420. The molecule has 7 nitrogen and oxygen atoms in total. The number of nitrogens with zero attached hydrogens (tertiary/aromatic N) is 1. The average molecular weight is 513 g/mol. The Hall–Kier alpha value is -2.49. The van der Waals surface area contributed by atoms with Gasteiger partial charge in [0.1, 0.15) is 17.1 Å². The highest BCUT2D eigenvalue weighted by Crippen LogP contribution is 2.21. The molecule has 0 amide bonds. The van der Waals surface area contributed by atoms with Crippen molar-refractivity contribution in [2.75, 3.05) is 34.9 Å². The minimum atomic E-state index is -0.432. The summed E-state index contributed by atoms with van der Waals surface area (Å²) in [5, 5.41) is 6.51. The number of nitrogens with one attached hydrogen (secondary N) is 2. The highest BCUT2D eigenvalue weighted by molar-refractivity contribution is 14.0. The van der Waals surface area contributed by atoms with E-state index >= 15 is 0 Å². The number of benzene rings is 2. The number of carbonyl (C=O) groups is 1. The molecule has 2 N–H and O–H groups in total. The van der Waals surface area contributed by atoms with Gasteiger partial charge in [-0.3, -0.25) is 4.99 Å². The second-order valence-electron chi connectivity index (χ2n) is 5.94. The highest BCUT2D eigenvalue weighted by Gasteiger charge is 2.13. The molecule has 2 aromatic carbocycles. The van der Waals surface area contributed by atoms with Gasteiger partial charge >= 0.3 is 5.97 Å². The van der Waals surface area contributed by atoms with Crippen LogP contribution >= 0.6 is 24.0 Å². The number of rotatable bonds is 8. The predicted molar refractivity (Wildman–Crippen MR) is 125 cm³/mol. The van der Waals surface area contributed by atoms with E-state index < -0.39 is 5.97 Å². The van der Waals surface area contributed by atoms with Crippen molar-refractivity contribution in [3.05, 3.63) is 59.2 Å². The number of carbonyl (C=O) groups excluding carboxylic acids is 1. The van der Waals surface area contributed by atoms with Crippen molar-refractivity contribution >= 4 is 35.9 Å². The topological polar surface area (TPSA) is 81.2 Å². The van der Waals surface area contributed by atoms with Crippen LogP contribution in [-0.4, -0.2) is 46.9 Å². The number of ether oxygens (including phenoxy) is 3. The van der Waals surface area contributed by atoms with Gasteiger partial charge in [0.05, 0.1) is 21.3 Å². The summed E-state index contributed by atoms with van der Waals surface area (Å²) in [7, 11) is 6.25. The number of esters is 1. The van der Waals surface area contributed by atoms with Crippen LogP contribution in [0.3, 0.4) is 0 Å². The van der Waals surface area contributed by atoms with E-state index in [0.29, 0.717) is 30.4 Å².